The lowest BCUT2D eigenvalue weighted by Crippen LogP contribution is -2.17. The van der Waals surface area contributed by atoms with Crippen LogP contribution in [-0.2, 0) is 6.42 Å². The summed E-state index contributed by atoms with van der Waals surface area (Å²) >= 11 is 0. The summed E-state index contributed by atoms with van der Waals surface area (Å²) in [7, 11) is 0. The molecule has 0 saturated heterocycles. The van der Waals surface area contributed by atoms with Gasteiger partial charge in [-0.1, -0.05) is 32.4 Å². The highest BCUT2D eigenvalue weighted by Crippen LogP contribution is 2.15. The summed E-state index contributed by atoms with van der Waals surface area (Å²) in [5.74, 6) is 1.57. The fourth-order valence-electron chi connectivity index (χ4n) is 1.49. The van der Waals surface area contributed by atoms with Crippen LogP contribution in [0.2, 0.25) is 0 Å². The van der Waals surface area contributed by atoms with Crippen molar-refractivity contribution in [3.63, 3.8) is 0 Å². The van der Waals surface area contributed by atoms with Crippen molar-refractivity contribution in [3.8, 4) is 5.75 Å². The summed E-state index contributed by atoms with van der Waals surface area (Å²) in [4.78, 5) is 0. The molecule has 1 rings (SSSR count). The van der Waals surface area contributed by atoms with Crippen molar-refractivity contribution in [1.29, 1.82) is 0 Å². The Labute approximate surface area is 98.8 Å². The highest BCUT2D eigenvalue weighted by atomic mass is 16.5. The quantitative estimate of drug-likeness (QED) is 0.801. The van der Waals surface area contributed by atoms with Gasteiger partial charge in [0.25, 0.3) is 0 Å². The van der Waals surface area contributed by atoms with Crippen LogP contribution in [0.5, 0.6) is 5.75 Å². The van der Waals surface area contributed by atoms with Crippen LogP contribution in [0.1, 0.15) is 32.8 Å². The van der Waals surface area contributed by atoms with E-state index in [0.29, 0.717) is 5.92 Å². The Kier molecular flexibility index (Phi) is 5.33. The third kappa shape index (κ3) is 4.67. The molecular formula is C14H23NO. The summed E-state index contributed by atoms with van der Waals surface area (Å²) in [5, 5.41) is 0. The lowest BCUT2D eigenvalue weighted by Gasteiger charge is -2.12. The van der Waals surface area contributed by atoms with Gasteiger partial charge in [0, 0.05) is 6.04 Å². The van der Waals surface area contributed by atoms with Gasteiger partial charge in [0.15, 0.2) is 0 Å². The first-order chi connectivity index (χ1) is 7.61. The van der Waals surface area contributed by atoms with Crippen LogP contribution in [0.25, 0.3) is 0 Å². The Hall–Kier alpha value is -1.02. The van der Waals surface area contributed by atoms with Crippen molar-refractivity contribution in [2.24, 2.45) is 11.7 Å². The molecule has 1 aromatic rings. The van der Waals surface area contributed by atoms with Gasteiger partial charge >= 0.3 is 0 Å². The van der Waals surface area contributed by atoms with Crippen molar-refractivity contribution in [1.82, 2.24) is 0 Å². The minimum absolute atomic E-state index is 0.199. The second kappa shape index (κ2) is 6.54. The Balaban J connectivity index is 2.53. The molecule has 0 bridgehead atoms. The Morgan fingerprint density at radius 2 is 2.06 bits per heavy atom. The normalized spacial score (nSPS) is 14.5. The van der Waals surface area contributed by atoms with Crippen molar-refractivity contribution >= 4 is 0 Å². The molecule has 0 radical (unpaired) electrons. The summed E-state index contributed by atoms with van der Waals surface area (Å²) in [6, 6.07) is 8.42. The van der Waals surface area contributed by atoms with Gasteiger partial charge in [-0.2, -0.15) is 0 Å². The Morgan fingerprint density at radius 3 is 2.69 bits per heavy atom. The molecule has 0 aliphatic rings. The van der Waals surface area contributed by atoms with Gasteiger partial charge < -0.3 is 10.5 Å². The lowest BCUT2D eigenvalue weighted by molar-refractivity contribution is 0.256. The van der Waals surface area contributed by atoms with Crippen LogP contribution in [0.4, 0.5) is 0 Å². The molecule has 0 aliphatic carbocycles. The molecule has 90 valence electrons. The van der Waals surface area contributed by atoms with Gasteiger partial charge in [0.1, 0.15) is 5.75 Å². The summed E-state index contributed by atoms with van der Waals surface area (Å²) in [5.41, 5.74) is 7.02. The van der Waals surface area contributed by atoms with E-state index in [-0.39, 0.29) is 6.04 Å². The molecule has 16 heavy (non-hydrogen) atoms. The van der Waals surface area contributed by atoms with Gasteiger partial charge in [-0.3, -0.25) is 0 Å². The largest absolute Gasteiger partial charge is 0.493 e. The fourth-order valence-corrected chi connectivity index (χ4v) is 1.49. The average molecular weight is 221 g/mol. The summed E-state index contributed by atoms with van der Waals surface area (Å²) in [6.07, 6.45) is 2.06. The maximum Gasteiger partial charge on any atom is 0.119 e. The molecule has 2 atom stereocenters. The molecule has 0 aromatic heterocycles. The third-order valence-electron chi connectivity index (χ3n) is 2.69. The predicted molar refractivity (Wildman–Crippen MR) is 68.7 cm³/mol. The molecule has 0 amide bonds. The first-order valence-corrected chi connectivity index (χ1v) is 6.09. The van der Waals surface area contributed by atoms with Crippen LogP contribution >= 0.6 is 0 Å². The molecular weight excluding hydrogens is 198 g/mol. The summed E-state index contributed by atoms with van der Waals surface area (Å²) in [6.45, 7) is 7.19. The monoisotopic (exact) mass is 221 g/mol. The maximum atomic E-state index is 5.78. The topological polar surface area (TPSA) is 35.2 Å². The number of hydrogen-bond acceptors (Lipinski definition) is 2. The van der Waals surface area contributed by atoms with Gasteiger partial charge in [0.2, 0.25) is 0 Å². The molecule has 2 nitrogen and oxygen atoms in total. The van der Waals surface area contributed by atoms with E-state index in [9.17, 15) is 0 Å². The zero-order valence-electron chi connectivity index (χ0n) is 10.6. The van der Waals surface area contributed by atoms with E-state index in [1.807, 2.05) is 19.1 Å². The Bertz CT molecular complexity index is 309. The molecule has 1 aromatic carbocycles. The smallest absolute Gasteiger partial charge is 0.119 e. The molecule has 0 fully saturated rings. The zero-order valence-corrected chi connectivity index (χ0v) is 10.6. The van der Waals surface area contributed by atoms with E-state index in [1.165, 1.54) is 5.56 Å². The first kappa shape index (κ1) is 13.0. The second-order valence-corrected chi connectivity index (χ2v) is 4.65. The number of nitrogens with two attached hydrogens (primary N) is 1. The van der Waals surface area contributed by atoms with Crippen LogP contribution < -0.4 is 10.5 Å². The Morgan fingerprint density at radius 1 is 1.31 bits per heavy atom. The number of rotatable bonds is 6. The highest BCUT2D eigenvalue weighted by Gasteiger charge is 2.02. The summed E-state index contributed by atoms with van der Waals surface area (Å²) < 4.78 is 5.74. The molecule has 2 heteroatoms. The number of benzene rings is 1. The fraction of sp³-hybridized carbons (Fsp3) is 0.571. The second-order valence-electron chi connectivity index (χ2n) is 4.65. The van der Waals surface area contributed by atoms with E-state index in [1.54, 1.807) is 0 Å². The van der Waals surface area contributed by atoms with Crippen LogP contribution in [0, 0.1) is 5.92 Å². The van der Waals surface area contributed by atoms with Crippen molar-refractivity contribution in [2.45, 2.75) is 39.7 Å². The van der Waals surface area contributed by atoms with Gasteiger partial charge in [0.05, 0.1) is 6.61 Å². The predicted octanol–water partition coefficient (Wildman–Crippen LogP) is 3.00. The molecule has 2 unspecified atom stereocenters. The number of hydrogen-bond donors (Lipinski definition) is 1. The van der Waals surface area contributed by atoms with Gasteiger partial charge in [-0.05, 0) is 37.0 Å². The van der Waals surface area contributed by atoms with E-state index in [0.717, 1.165) is 25.2 Å². The molecule has 2 N–H and O–H groups in total. The average Bonchev–Trinajstić information content (AvgIpc) is 2.25. The van der Waals surface area contributed by atoms with Crippen LogP contribution in [0.3, 0.4) is 0 Å². The lowest BCUT2D eigenvalue weighted by atomic mass is 10.1. The molecule has 0 saturated carbocycles. The van der Waals surface area contributed by atoms with Crippen LogP contribution in [0.15, 0.2) is 24.3 Å². The minimum Gasteiger partial charge on any atom is -0.493 e. The van der Waals surface area contributed by atoms with Crippen LogP contribution in [-0.4, -0.2) is 12.6 Å². The van der Waals surface area contributed by atoms with E-state index in [2.05, 4.69) is 26.0 Å². The SMILES string of the molecule is CCC(C)COc1cccc(CC(C)N)c1. The highest BCUT2D eigenvalue weighted by molar-refractivity contribution is 5.29. The first-order valence-electron chi connectivity index (χ1n) is 6.09. The van der Waals surface area contributed by atoms with Crippen molar-refractivity contribution in [3.05, 3.63) is 29.8 Å². The zero-order chi connectivity index (χ0) is 12.0. The molecule has 0 aliphatic heterocycles. The van der Waals surface area contributed by atoms with Crippen molar-refractivity contribution in [2.75, 3.05) is 6.61 Å². The number of ether oxygens (including phenoxy) is 1. The van der Waals surface area contributed by atoms with E-state index < -0.39 is 0 Å². The maximum absolute atomic E-state index is 5.78. The van der Waals surface area contributed by atoms with E-state index >= 15 is 0 Å². The van der Waals surface area contributed by atoms with Gasteiger partial charge in [-0.25, -0.2) is 0 Å². The van der Waals surface area contributed by atoms with Gasteiger partial charge in [-0.15, -0.1) is 0 Å². The van der Waals surface area contributed by atoms with Crippen molar-refractivity contribution < 1.29 is 4.74 Å². The molecule has 0 spiro atoms. The standard InChI is InChI=1S/C14H23NO/c1-4-11(2)10-16-14-7-5-6-13(9-14)8-12(3)15/h5-7,9,11-12H,4,8,10,15H2,1-3H3. The third-order valence-corrected chi connectivity index (χ3v) is 2.69. The van der Waals surface area contributed by atoms with E-state index in [4.69, 9.17) is 10.5 Å². The molecule has 0 heterocycles. The minimum atomic E-state index is 0.199.